The summed E-state index contributed by atoms with van der Waals surface area (Å²) in [7, 11) is 0. The Balaban J connectivity index is 2.12. The second kappa shape index (κ2) is 5.45. The standard InChI is InChI=1S/C16H7BrF5NO/c17-12-1-2-13(14-11(12)6-15(19,20)16(14,21)22)24-10-4-8(7-23)3-9(18)5-10/h1-5H,6H2. The molecule has 0 saturated heterocycles. The highest BCUT2D eigenvalue weighted by Gasteiger charge is 2.64. The highest BCUT2D eigenvalue weighted by molar-refractivity contribution is 9.10. The molecule has 2 aromatic carbocycles. The first kappa shape index (κ1) is 16.7. The summed E-state index contributed by atoms with van der Waals surface area (Å²) >= 11 is 2.98. The van der Waals surface area contributed by atoms with E-state index in [-0.39, 0.29) is 21.3 Å². The third kappa shape index (κ3) is 2.53. The van der Waals surface area contributed by atoms with Crippen molar-refractivity contribution in [2.45, 2.75) is 18.3 Å². The molecule has 0 heterocycles. The van der Waals surface area contributed by atoms with Gasteiger partial charge in [-0.15, -0.1) is 0 Å². The predicted molar refractivity (Wildman–Crippen MR) is 77.9 cm³/mol. The fraction of sp³-hybridized carbons (Fsp3) is 0.188. The summed E-state index contributed by atoms with van der Waals surface area (Å²) in [4.78, 5) is 0. The van der Waals surface area contributed by atoms with Crippen LogP contribution in [0.4, 0.5) is 22.0 Å². The van der Waals surface area contributed by atoms with Crippen LogP contribution in [0.1, 0.15) is 16.7 Å². The van der Waals surface area contributed by atoms with Crippen LogP contribution in [0.15, 0.2) is 34.8 Å². The molecule has 0 atom stereocenters. The number of ether oxygens (including phenoxy) is 1. The van der Waals surface area contributed by atoms with Gasteiger partial charge in [0.2, 0.25) is 0 Å². The van der Waals surface area contributed by atoms with Crippen molar-refractivity contribution >= 4 is 15.9 Å². The molecule has 124 valence electrons. The van der Waals surface area contributed by atoms with Crippen molar-refractivity contribution in [1.29, 1.82) is 5.26 Å². The largest absolute Gasteiger partial charge is 0.457 e. The molecule has 8 heteroatoms. The van der Waals surface area contributed by atoms with Crippen LogP contribution in [-0.4, -0.2) is 5.92 Å². The van der Waals surface area contributed by atoms with Crippen molar-refractivity contribution in [3.05, 3.63) is 57.3 Å². The quantitative estimate of drug-likeness (QED) is 0.617. The van der Waals surface area contributed by atoms with Crippen LogP contribution in [0, 0.1) is 17.1 Å². The second-order valence-electron chi connectivity index (χ2n) is 5.24. The Labute approximate surface area is 141 Å². The number of alkyl halides is 4. The monoisotopic (exact) mass is 403 g/mol. The first-order chi connectivity index (χ1) is 11.2. The summed E-state index contributed by atoms with van der Waals surface area (Å²) in [6.45, 7) is 0. The molecular weight excluding hydrogens is 397 g/mol. The number of fused-ring (bicyclic) bond motifs is 1. The van der Waals surface area contributed by atoms with Gasteiger partial charge in [0, 0.05) is 17.0 Å². The van der Waals surface area contributed by atoms with E-state index in [1.54, 1.807) is 6.07 Å². The Kier molecular flexibility index (Phi) is 3.79. The molecule has 2 nitrogen and oxygen atoms in total. The van der Waals surface area contributed by atoms with E-state index in [1.807, 2.05) is 0 Å². The van der Waals surface area contributed by atoms with Crippen molar-refractivity contribution in [3.8, 4) is 17.6 Å². The van der Waals surface area contributed by atoms with E-state index in [0.717, 1.165) is 24.3 Å². The van der Waals surface area contributed by atoms with Crippen LogP contribution < -0.4 is 4.74 Å². The molecule has 0 saturated carbocycles. The lowest BCUT2D eigenvalue weighted by molar-refractivity contribution is -0.203. The molecule has 0 spiro atoms. The van der Waals surface area contributed by atoms with Crippen LogP contribution in [-0.2, 0) is 12.3 Å². The summed E-state index contributed by atoms with van der Waals surface area (Å²) in [6.07, 6.45) is -1.14. The van der Waals surface area contributed by atoms with Crippen molar-refractivity contribution in [1.82, 2.24) is 0 Å². The van der Waals surface area contributed by atoms with Gasteiger partial charge >= 0.3 is 11.8 Å². The summed E-state index contributed by atoms with van der Waals surface area (Å²) in [6, 6.07) is 7.02. The first-order valence-electron chi connectivity index (χ1n) is 6.62. The lowest BCUT2D eigenvalue weighted by Crippen LogP contribution is -2.33. The van der Waals surface area contributed by atoms with Crippen LogP contribution in [0.5, 0.6) is 11.5 Å². The number of benzene rings is 2. The van der Waals surface area contributed by atoms with Crippen molar-refractivity contribution in [3.63, 3.8) is 0 Å². The number of hydrogen-bond acceptors (Lipinski definition) is 2. The Morgan fingerprint density at radius 1 is 1.12 bits per heavy atom. The molecule has 0 amide bonds. The molecule has 0 unspecified atom stereocenters. The van der Waals surface area contributed by atoms with Gasteiger partial charge in [-0.2, -0.15) is 22.8 Å². The topological polar surface area (TPSA) is 33.0 Å². The van der Waals surface area contributed by atoms with E-state index >= 15 is 0 Å². The van der Waals surface area contributed by atoms with Gasteiger partial charge in [-0.25, -0.2) is 4.39 Å². The van der Waals surface area contributed by atoms with Gasteiger partial charge in [0.05, 0.1) is 17.2 Å². The van der Waals surface area contributed by atoms with Gasteiger partial charge in [0.15, 0.2) is 0 Å². The molecule has 0 radical (unpaired) electrons. The number of halogens is 6. The SMILES string of the molecule is N#Cc1cc(F)cc(Oc2ccc(Br)c3c2C(F)(F)C(F)(F)C3)c1. The van der Waals surface area contributed by atoms with E-state index in [2.05, 4.69) is 15.9 Å². The normalized spacial score (nSPS) is 17.2. The summed E-state index contributed by atoms with van der Waals surface area (Å²) < 4.78 is 74.3. The van der Waals surface area contributed by atoms with Gasteiger partial charge in [-0.05, 0) is 29.8 Å². The Morgan fingerprint density at radius 2 is 1.83 bits per heavy atom. The van der Waals surface area contributed by atoms with Gasteiger partial charge in [-0.3, -0.25) is 0 Å². The summed E-state index contributed by atoms with van der Waals surface area (Å²) in [5.41, 5.74) is -1.29. The zero-order chi connectivity index (χ0) is 17.7. The minimum absolute atomic E-state index is 0.0872. The van der Waals surface area contributed by atoms with Crippen LogP contribution in [0.25, 0.3) is 0 Å². The van der Waals surface area contributed by atoms with Gasteiger partial charge < -0.3 is 4.74 Å². The van der Waals surface area contributed by atoms with Crippen molar-refractivity contribution in [2.75, 3.05) is 0 Å². The minimum Gasteiger partial charge on any atom is -0.457 e. The fourth-order valence-corrected chi connectivity index (χ4v) is 3.00. The molecule has 1 aliphatic carbocycles. The lowest BCUT2D eigenvalue weighted by Gasteiger charge is -2.20. The average molecular weight is 404 g/mol. The Hall–Kier alpha value is -2.14. The number of hydrogen-bond donors (Lipinski definition) is 0. The van der Waals surface area contributed by atoms with E-state index in [0.29, 0.717) is 0 Å². The minimum atomic E-state index is -4.42. The number of rotatable bonds is 2. The van der Waals surface area contributed by atoms with Gasteiger partial charge in [0.1, 0.15) is 17.3 Å². The molecule has 0 N–H and O–H groups in total. The molecule has 1 aliphatic rings. The predicted octanol–water partition coefficient (Wildman–Crippen LogP) is 5.54. The van der Waals surface area contributed by atoms with Gasteiger partial charge in [-0.1, -0.05) is 15.9 Å². The molecule has 0 bridgehead atoms. The average Bonchev–Trinajstić information content (AvgIpc) is 2.68. The first-order valence-corrected chi connectivity index (χ1v) is 7.41. The molecule has 24 heavy (non-hydrogen) atoms. The van der Waals surface area contributed by atoms with E-state index in [1.165, 1.54) is 6.07 Å². The smallest absolute Gasteiger partial charge is 0.339 e. The van der Waals surface area contributed by atoms with Crippen LogP contribution in [0.2, 0.25) is 0 Å². The van der Waals surface area contributed by atoms with E-state index in [9.17, 15) is 22.0 Å². The highest BCUT2D eigenvalue weighted by atomic mass is 79.9. The van der Waals surface area contributed by atoms with Crippen molar-refractivity contribution in [2.24, 2.45) is 0 Å². The highest BCUT2D eigenvalue weighted by Crippen LogP contribution is 2.56. The maximum absolute atomic E-state index is 14.1. The maximum Gasteiger partial charge on any atom is 0.339 e. The third-order valence-electron chi connectivity index (χ3n) is 3.62. The molecule has 0 aliphatic heterocycles. The zero-order valence-corrected chi connectivity index (χ0v) is 13.3. The second-order valence-corrected chi connectivity index (χ2v) is 6.10. The molecular formula is C16H7BrF5NO. The maximum atomic E-state index is 14.1. The summed E-state index contributed by atoms with van der Waals surface area (Å²) in [5, 5.41) is 8.80. The summed E-state index contributed by atoms with van der Waals surface area (Å²) in [5.74, 6) is -10.2. The molecule has 0 aromatic heterocycles. The van der Waals surface area contributed by atoms with Crippen molar-refractivity contribution < 1.29 is 26.7 Å². The van der Waals surface area contributed by atoms with Crippen LogP contribution in [0.3, 0.4) is 0 Å². The molecule has 3 rings (SSSR count). The Bertz CT molecular complexity index is 876. The zero-order valence-electron chi connectivity index (χ0n) is 11.7. The molecule has 0 fully saturated rings. The lowest BCUT2D eigenvalue weighted by atomic mass is 10.1. The van der Waals surface area contributed by atoms with E-state index in [4.69, 9.17) is 10.00 Å². The fourth-order valence-electron chi connectivity index (χ4n) is 2.53. The van der Waals surface area contributed by atoms with E-state index < -0.39 is 35.4 Å². The third-order valence-corrected chi connectivity index (χ3v) is 4.36. The Morgan fingerprint density at radius 3 is 2.50 bits per heavy atom. The van der Waals surface area contributed by atoms with Gasteiger partial charge in [0.25, 0.3) is 0 Å². The number of nitriles is 1. The van der Waals surface area contributed by atoms with Crippen LogP contribution >= 0.6 is 15.9 Å². The molecule has 2 aromatic rings. The number of nitrogens with zero attached hydrogens (tertiary/aromatic N) is 1.